The van der Waals surface area contributed by atoms with E-state index in [-0.39, 0.29) is 5.75 Å². The third-order valence-corrected chi connectivity index (χ3v) is 2.32. The quantitative estimate of drug-likeness (QED) is 0.778. The van der Waals surface area contributed by atoms with Gasteiger partial charge in [-0.15, -0.1) is 13.2 Å². The Balaban J connectivity index is 2.31. The van der Waals surface area contributed by atoms with Gasteiger partial charge in [-0.05, 0) is 24.6 Å². The lowest BCUT2D eigenvalue weighted by Gasteiger charge is -2.20. The van der Waals surface area contributed by atoms with Crippen molar-refractivity contribution >= 4 is 0 Å². The molecule has 0 saturated heterocycles. The number of hydrogen-bond acceptors (Lipinski definition) is 2. The summed E-state index contributed by atoms with van der Waals surface area (Å²) in [6, 6.07) is 4.75. The Morgan fingerprint density at radius 2 is 2.07 bits per heavy atom. The molecule has 0 unspecified atom stereocenters. The van der Waals surface area contributed by atoms with Crippen molar-refractivity contribution in [2.45, 2.75) is 19.3 Å². The first-order valence-electron chi connectivity index (χ1n) is 4.63. The molecule has 1 aliphatic rings. The summed E-state index contributed by atoms with van der Waals surface area (Å²) in [5.74, 6) is -0.0681. The van der Waals surface area contributed by atoms with Crippen LogP contribution in [-0.4, -0.2) is 12.9 Å². The summed E-state index contributed by atoms with van der Waals surface area (Å²) in [5.41, 5.74) is 1.54. The number of rotatable bonds is 1. The number of alkyl halides is 3. The molecule has 0 atom stereocenters. The van der Waals surface area contributed by atoms with Gasteiger partial charge in [0.05, 0.1) is 0 Å². The van der Waals surface area contributed by atoms with Gasteiger partial charge in [-0.3, -0.25) is 0 Å². The monoisotopic (exact) mass is 217 g/mol. The summed E-state index contributed by atoms with van der Waals surface area (Å²) < 4.78 is 40.2. The molecule has 1 aliphatic heterocycles. The molecule has 0 fully saturated rings. The van der Waals surface area contributed by atoms with E-state index < -0.39 is 6.36 Å². The predicted octanol–water partition coefficient (Wildman–Crippen LogP) is 2.23. The van der Waals surface area contributed by atoms with Crippen molar-refractivity contribution in [2.24, 2.45) is 0 Å². The predicted molar refractivity (Wildman–Crippen MR) is 48.5 cm³/mol. The van der Waals surface area contributed by atoms with E-state index in [9.17, 15) is 13.2 Å². The maximum absolute atomic E-state index is 12.1. The Hall–Kier alpha value is -1.23. The number of ether oxygens (including phenoxy) is 1. The zero-order valence-corrected chi connectivity index (χ0v) is 7.90. The fourth-order valence-corrected chi connectivity index (χ4v) is 1.72. The van der Waals surface area contributed by atoms with E-state index >= 15 is 0 Å². The first-order valence-corrected chi connectivity index (χ1v) is 4.63. The zero-order chi connectivity index (χ0) is 10.9. The van der Waals surface area contributed by atoms with Crippen LogP contribution in [0.5, 0.6) is 5.75 Å². The SMILES string of the molecule is FC(F)(F)Oc1cccc2c1CCNC2. The minimum atomic E-state index is -4.61. The van der Waals surface area contributed by atoms with Crippen LogP contribution in [-0.2, 0) is 13.0 Å². The number of fused-ring (bicyclic) bond motifs is 1. The van der Waals surface area contributed by atoms with Crippen molar-refractivity contribution in [3.63, 3.8) is 0 Å². The molecule has 0 aromatic heterocycles. The summed E-state index contributed by atoms with van der Waals surface area (Å²) in [6.45, 7) is 1.29. The van der Waals surface area contributed by atoms with Crippen LogP contribution in [0.15, 0.2) is 18.2 Å². The number of benzene rings is 1. The Bertz CT molecular complexity index is 362. The molecule has 0 aliphatic carbocycles. The highest BCUT2D eigenvalue weighted by molar-refractivity contribution is 5.41. The standard InChI is InChI=1S/C10H10F3NO/c11-10(12,13)15-9-3-1-2-7-6-14-5-4-8(7)9/h1-3,14H,4-6H2. The van der Waals surface area contributed by atoms with Crippen molar-refractivity contribution in [2.75, 3.05) is 6.54 Å². The Morgan fingerprint density at radius 1 is 1.27 bits per heavy atom. The highest BCUT2D eigenvalue weighted by Crippen LogP contribution is 2.30. The fourth-order valence-electron chi connectivity index (χ4n) is 1.72. The van der Waals surface area contributed by atoms with Crippen molar-refractivity contribution in [3.8, 4) is 5.75 Å². The highest BCUT2D eigenvalue weighted by atomic mass is 19.4. The summed E-state index contributed by atoms with van der Waals surface area (Å²) in [5, 5.41) is 3.09. The van der Waals surface area contributed by atoms with Gasteiger partial charge in [-0.1, -0.05) is 12.1 Å². The van der Waals surface area contributed by atoms with Gasteiger partial charge in [0.15, 0.2) is 0 Å². The van der Waals surface area contributed by atoms with Gasteiger partial charge in [0, 0.05) is 12.1 Å². The van der Waals surface area contributed by atoms with Gasteiger partial charge in [0.1, 0.15) is 5.75 Å². The molecular weight excluding hydrogens is 207 g/mol. The first-order chi connectivity index (χ1) is 7.06. The van der Waals surface area contributed by atoms with E-state index in [0.29, 0.717) is 25.1 Å². The molecule has 0 saturated carbocycles. The molecular formula is C10H10F3NO. The van der Waals surface area contributed by atoms with Gasteiger partial charge in [-0.25, -0.2) is 0 Å². The molecule has 15 heavy (non-hydrogen) atoms. The Kier molecular flexibility index (Phi) is 2.56. The molecule has 0 radical (unpaired) electrons. The summed E-state index contributed by atoms with van der Waals surface area (Å²) in [7, 11) is 0. The third-order valence-electron chi connectivity index (χ3n) is 2.32. The molecule has 1 N–H and O–H groups in total. The minimum absolute atomic E-state index is 0.0681. The van der Waals surface area contributed by atoms with Crippen LogP contribution in [0.25, 0.3) is 0 Å². The maximum atomic E-state index is 12.1. The second kappa shape index (κ2) is 3.73. The molecule has 1 aromatic rings. The number of hydrogen-bond donors (Lipinski definition) is 1. The second-order valence-electron chi connectivity index (χ2n) is 3.37. The van der Waals surface area contributed by atoms with E-state index in [2.05, 4.69) is 10.1 Å². The van der Waals surface area contributed by atoms with Crippen molar-refractivity contribution < 1.29 is 17.9 Å². The summed E-state index contributed by atoms with van der Waals surface area (Å²) >= 11 is 0. The summed E-state index contributed by atoms with van der Waals surface area (Å²) in [4.78, 5) is 0. The fraction of sp³-hybridized carbons (Fsp3) is 0.400. The molecule has 82 valence electrons. The summed E-state index contributed by atoms with van der Waals surface area (Å²) in [6.07, 6.45) is -4.04. The molecule has 2 rings (SSSR count). The van der Waals surface area contributed by atoms with Crippen LogP contribution in [0.4, 0.5) is 13.2 Å². The third kappa shape index (κ3) is 2.41. The van der Waals surface area contributed by atoms with Gasteiger partial charge >= 0.3 is 6.36 Å². The van der Waals surface area contributed by atoms with Crippen LogP contribution in [0.2, 0.25) is 0 Å². The normalized spacial score (nSPS) is 15.9. The lowest BCUT2D eigenvalue weighted by Crippen LogP contribution is -2.25. The van der Waals surface area contributed by atoms with E-state index in [1.165, 1.54) is 6.07 Å². The van der Waals surface area contributed by atoms with Crippen LogP contribution < -0.4 is 10.1 Å². The largest absolute Gasteiger partial charge is 0.573 e. The molecule has 1 aromatic carbocycles. The van der Waals surface area contributed by atoms with Crippen molar-refractivity contribution in [1.29, 1.82) is 0 Å². The minimum Gasteiger partial charge on any atom is -0.405 e. The number of nitrogens with one attached hydrogen (secondary N) is 1. The van der Waals surface area contributed by atoms with E-state index in [4.69, 9.17) is 0 Å². The van der Waals surface area contributed by atoms with Gasteiger partial charge in [0.25, 0.3) is 0 Å². The van der Waals surface area contributed by atoms with Crippen molar-refractivity contribution in [1.82, 2.24) is 5.32 Å². The first kappa shape index (κ1) is 10.3. The topological polar surface area (TPSA) is 21.3 Å². The second-order valence-corrected chi connectivity index (χ2v) is 3.37. The lowest BCUT2D eigenvalue weighted by molar-refractivity contribution is -0.274. The lowest BCUT2D eigenvalue weighted by atomic mass is 10.0. The van der Waals surface area contributed by atoms with E-state index in [0.717, 1.165) is 5.56 Å². The van der Waals surface area contributed by atoms with E-state index in [1.807, 2.05) is 6.07 Å². The molecule has 1 heterocycles. The van der Waals surface area contributed by atoms with Crippen LogP contribution in [0.1, 0.15) is 11.1 Å². The molecule has 2 nitrogen and oxygen atoms in total. The van der Waals surface area contributed by atoms with Crippen LogP contribution >= 0.6 is 0 Å². The molecule has 0 spiro atoms. The van der Waals surface area contributed by atoms with E-state index in [1.54, 1.807) is 6.07 Å². The molecule has 0 amide bonds. The van der Waals surface area contributed by atoms with Gasteiger partial charge in [-0.2, -0.15) is 0 Å². The van der Waals surface area contributed by atoms with Gasteiger partial charge in [0.2, 0.25) is 0 Å². The maximum Gasteiger partial charge on any atom is 0.573 e. The van der Waals surface area contributed by atoms with Crippen LogP contribution in [0.3, 0.4) is 0 Å². The molecule has 5 heteroatoms. The Morgan fingerprint density at radius 3 is 2.80 bits per heavy atom. The van der Waals surface area contributed by atoms with Crippen LogP contribution in [0, 0.1) is 0 Å². The highest BCUT2D eigenvalue weighted by Gasteiger charge is 2.32. The zero-order valence-electron chi connectivity index (χ0n) is 7.90. The van der Waals surface area contributed by atoms with Crippen molar-refractivity contribution in [3.05, 3.63) is 29.3 Å². The average Bonchev–Trinajstić information content (AvgIpc) is 2.16. The van der Waals surface area contributed by atoms with Gasteiger partial charge < -0.3 is 10.1 Å². The average molecular weight is 217 g/mol. The molecule has 0 bridgehead atoms. The Labute approximate surface area is 85.0 Å². The number of halogens is 3. The smallest absolute Gasteiger partial charge is 0.405 e.